The molecule has 2 aromatic rings. The summed E-state index contributed by atoms with van der Waals surface area (Å²) in [6, 6.07) is 13.3. The second-order valence-corrected chi connectivity index (χ2v) is 5.29. The van der Waals surface area contributed by atoms with E-state index in [9.17, 15) is 4.39 Å². The highest BCUT2D eigenvalue weighted by Crippen LogP contribution is 2.30. The third-order valence-electron chi connectivity index (χ3n) is 3.00. The summed E-state index contributed by atoms with van der Waals surface area (Å²) < 4.78 is 14.7. The molecule has 0 atom stereocenters. The molecule has 0 aromatic heterocycles. The van der Waals surface area contributed by atoms with Crippen molar-refractivity contribution < 1.29 is 4.39 Å². The van der Waals surface area contributed by atoms with Gasteiger partial charge in [0.25, 0.3) is 0 Å². The summed E-state index contributed by atoms with van der Waals surface area (Å²) in [4.78, 5) is 0. The zero-order valence-electron chi connectivity index (χ0n) is 10.9. The summed E-state index contributed by atoms with van der Waals surface area (Å²) in [6.07, 6.45) is 1.09. The van der Waals surface area contributed by atoms with Gasteiger partial charge in [0.1, 0.15) is 5.82 Å². The molecule has 0 heterocycles. The van der Waals surface area contributed by atoms with Crippen molar-refractivity contribution >= 4 is 15.9 Å². The van der Waals surface area contributed by atoms with Gasteiger partial charge in [-0.3, -0.25) is 0 Å². The summed E-state index contributed by atoms with van der Waals surface area (Å²) in [5.41, 5.74) is 2.71. The fourth-order valence-electron chi connectivity index (χ4n) is 2.05. The highest BCUT2D eigenvalue weighted by molar-refractivity contribution is 9.10. The third kappa shape index (κ3) is 3.43. The fraction of sp³-hybridized carbons (Fsp3) is 0.250. The van der Waals surface area contributed by atoms with Gasteiger partial charge in [-0.15, -0.1) is 0 Å². The molecular weight excluding hydrogens is 305 g/mol. The molecular formula is C16H17BrFN. The van der Waals surface area contributed by atoms with E-state index in [-0.39, 0.29) is 5.82 Å². The molecule has 0 bridgehead atoms. The second kappa shape index (κ2) is 6.83. The molecule has 19 heavy (non-hydrogen) atoms. The Bertz CT molecular complexity index is 554. The van der Waals surface area contributed by atoms with E-state index < -0.39 is 0 Å². The van der Waals surface area contributed by atoms with E-state index in [0.717, 1.165) is 30.6 Å². The van der Waals surface area contributed by atoms with Crippen LogP contribution in [0.5, 0.6) is 0 Å². The largest absolute Gasteiger partial charge is 0.313 e. The van der Waals surface area contributed by atoms with Crippen LogP contribution in [-0.4, -0.2) is 6.54 Å². The standard InChI is InChI=1S/C16H17BrFN/c1-2-10-19-11-12-6-3-4-7-13(12)14-8-5-9-15(17)16(14)18/h3-9,19H,2,10-11H2,1H3. The average molecular weight is 322 g/mol. The number of benzene rings is 2. The van der Waals surface area contributed by atoms with Crippen molar-refractivity contribution in [3.8, 4) is 11.1 Å². The number of rotatable bonds is 5. The van der Waals surface area contributed by atoms with Crippen LogP contribution < -0.4 is 5.32 Å². The maximum Gasteiger partial charge on any atom is 0.145 e. The van der Waals surface area contributed by atoms with Crippen LogP contribution in [0.3, 0.4) is 0 Å². The minimum atomic E-state index is -0.203. The van der Waals surface area contributed by atoms with Crippen LogP contribution in [-0.2, 0) is 6.54 Å². The van der Waals surface area contributed by atoms with Gasteiger partial charge < -0.3 is 5.32 Å². The minimum Gasteiger partial charge on any atom is -0.313 e. The molecule has 0 fully saturated rings. The van der Waals surface area contributed by atoms with Gasteiger partial charge in [-0.2, -0.15) is 0 Å². The zero-order valence-corrected chi connectivity index (χ0v) is 12.5. The Hall–Kier alpha value is -1.19. The first-order valence-electron chi connectivity index (χ1n) is 6.47. The van der Waals surface area contributed by atoms with E-state index >= 15 is 0 Å². The van der Waals surface area contributed by atoms with Gasteiger partial charge in [0, 0.05) is 12.1 Å². The summed E-state index contributed by atoms with van der Waals surface area (Å²) in [5, 5.41) is 3.36. The van der Waals surface area contributed by atoms with Crippen molar-refractivity contribution in [1.82, 2.24) is 5.32 Å². The van der Waals surface area contributed by atoms with Crippen molar-refractivity contribution in [3.63, 3.8) is 0 Å². The Labute approximate surface area is 122 Å². The molecule has 2 aromatic carbocycles. The lowest BCUT2D eigenvalue weighted by Crippen LogP contribution is -2.14. The van der Waals surface area contributed by atoms with Gasteiger partial charge in [-0.1, -0.05) is 43.3 Å². The molecule has 0 aliphatic carbocycles. The zero-order chi connectivity index (χ0) is 13.7. The molecule has 0 aliphatic heterocycles. The van der Waals surface area contributed by atoms with Crippen LogP contribution in [0.15, 0.2) is 46.9 Å². The molecule has 0 radical (unpaired) electrons. The molecule has 100 valence electrons. The number of hydrogen-bond acceptors (Lipinski definition) is 1. The highest BCUT2D eigenvalue weighted by atomic mass is 79.9. The van der Waals surface area contributed by atoms with E-state index in [1.165, 1.54) is 0 Å². The normalized spacial score (nSPS) is 10.7. The quantitative estimate of drug-likeness (QED) is 0.783. The maximum atomic E-state index is 14.2. The van der Waals surface area contributed by atoms with Crippen molar-refractivity contribution in [2.24, 2.45) is 0 Å². The van der Waals surface area contributed by atoms with Crippen LogP contribution in [0.4, 0.5) is 4.39 Å². The fourth-order valence-corrected chi connectivity index (χ4v) is 2.42. The van der Waals surface area contributed by atoms with Crippen LogP contribution >= 0.6 is 15.9 Å². The molecule has 0 amide bonds. The first-order valence-corrected chi connectivity index (χ1v) is 7.26. The monoisotopic (exact) mass is 321 g/mol. The molecule has 2 rings (SSSR count). The number of nitrogens with one attached hydrogen (secondary N) is 1. The van der Waals surface area contributed by atoms with Crippen molar-refractivity contribution in [2.75, 3.05) is 6.54 Å². The highest BCUT2D eigenvalue weighted by Gasteiger charge is 2.11. The molecule has 1 nitrogen and oxygen atoms in total. The lowest BCUT2D eigenvalue weighted by Gasteiger charge is -2.12. The Morgan fingerprint density at radius 3 is 2.58 bits per heavy atom. The van der Waals surface area contributed by atoms with E-state index in [0.29, 0.717) is 10.0 Å². The van der Waals surface area contributed by atoms with Crippen LogP contribution in [0.1, 0.15) is 18.9 Å². The molecule has 0 unspecified atom stereocenters. The minimum absolute atomic E-state index is 0.203. The molecule has 1 N–H and O–H groups in total. The Morgan fingerprint density at radius 2 is 1.79 bits per heavy atom. The van der Waals surface area contributed by atoms with Crippen molar-refractivity contribution in [2.45, 2.75) is 19.9 Å². The van der Waals surface area contributed by atoms with Crippen molar-refractivity contribution in [3.05, 3.63) is 58.3 Å². The summed E-state index contributed by atoms with van der Waals surface area (Å²) in [7, 11) is 0. The third-order valence-corrected chi connectivity index (χ3v) is 3.61. The Balaban J connectivity index is 2.36. The summed E-state index contributed by atoms with van der Waals surface area (Å²) in [5.74, 6) is -0.203. The predicted octanol–water partition coefficient (Wildman–Crippen LogP) is 4.75. The topological polar surface area (TPSA) is 12.0 Å². The lowest BCUT2D eigenvalue weighted by atomic mass is 9.99. The Morgan fingerprint density at radius 1 is 1.05 bits per heavy atom. The first-order chi connectivity index (χ1) is 9.24. The van der Waals surface area contributed by atoms with Crippen LogP contribution in [0.2, 0.25) is 0 Å². The van der Waals surface area contributed by atoms with E-state index in [1.54, 1.807) is 6.07 Å². The van der Waals surface area contributed by atoms with E-state index in [2.05, 4.69) is 28.2 Å². The van der Waals surface area contributed by atoms with Crippen molar-refractivity contribution in [1.29, 1.82) is 0 Å². The second-order valence-electron chi connectivity index (χ2n) is 4.44. The SMILES string of the molecule is CCCNCc1ccccc1-c1cccc(Br)c1F. The van der Waals surface area contributed by atoms with E-state index in [1.807, 2.05) is 36.4 Å². The smallest absolute Gasteiger partial charge is 0.145 e. The number of hydrogen-bond donors (Lipinski definition) is 1. The lowest BCUT2D eigenvalue weighted by molar-refractivity contribution is 0.624. The summed E-state index contributed by atoms with van der Waals surface area (Å²) >= 11 is 3.24. The predicted molar refractivity (Wildman–Crippen MR) is 81.5 cm³/mol. The summed E-state index contributed by atoms with van der Waals surface area (Å²) in [6.45, 7) is 3.86. The van der Waals surface area contributed by atoms with Gasteiger partial charge in [-0.05, 0) is 46.1 Å². The van der Waals surface area contributed by atoms with Crippen LogP contribution in [0, 0.1) is 5.82 Å². The molecule has 0 saturated heterocycles. The van der Waals surface area contributed by atoms with Crippen LogP contribution in [0.25, 0.3) is 11.1 Å². The van der Waals surface area contributed by atoms with Gasteiger partial charge >= 0.3 is 0 Å². The van der Waals surface area contributed by atoms with Gasteiger partial charge in [-0.25, -0.2) is 4.39 Å². The first kappa shape index (κ1) is 14.2. The molecule has 3 heteroatoms. The molecule has 0 spiro atoms. The van der Waals surface area contributed by atoms with E-state index in [4.69, 9.17) is 0 Å². The molecule has 0 saturated carbocycles. The van der Waals surface area contributed by atoms with Gasteiger partial charge in [0.15, 0.2) is 0 Å². The maximum absolute atomic E-state index is 14.2. The average Bonchev–Trinajstić information content (AvgIpc) is 2.43. The van der Waals surface area contributed by atoms with Gasteiger partial charge in [0.2, 0.25) is 0 Å². The molecule has 0 aliphatic rings. The Kier molecular flexibility index (Phi) is 5.11. The van der Waals surface area contributed by atoms with Gasteiger partial charge in [0.05, 0.1) is 4.47 Å². The number of halogens is 2.